The van der Waals surface area contributed by atoms with E-state index in [0.717, 1.165) is 23.3 Å². The average Bonchev–Trinajstić information content (AvgIpc) is 3.02. The summed E-state index contributed by atoms with van der Waals surface area (Å²) in [6.07, 6.45) is 0. The Bertz CT molecular complexity index is 915. The van der Waals surface area contributed by atoms with Gasteiger partial charge in [-0.1, -0.05) is 17.3 Å². The Morgan fingerprint density at radius 1 is 1.12 bits per heavy atom. The summed E-state index contributed by atoms with van der Waals surface area (Å²) < 4.78 is 1.79. The van der Waals surface area contributed by atoms with Crippen LogP contribution in [0.5, 0.6) is 0 Å². The molecule has 0 atom stereocenters. The number of nitrogens with one attached hydrogen (secondary N) is 2. The number of aromatic nitrogens is 3. The van der Waals surface area contributed by atoms with Gasteiger partial charge in [0.1, 0.15) is 5.52 Å². The van der Waals surface area contributed by atoms with Gasteiger partial charge < -0.3 is 10.6 Å². The van der Waals surface area contributed by atoms with Crippen molar-refractivity contribution in [3.8, 4) is 0 Å². The third-order valence-corrected chi connectivity index (χ3v) is 3.80. The number of anilines is 1. The van der Waals surface area contributed by atoms with Gasteiger partial charge in [0.05, 0.1) is 5.52 Å². The molecule has 7 nitrogen and oxygen atoms in total. The van der Waals surface area contributed by atoms with Crippen molar-refractivity contribution >= 4 is 28.5 Å². The van der Waals surface area contributed by atoms with Crippen LogP contribution in [0.1, 0.15) is 29.8 Å². The highest BCUT2D eigenvalue weighted by atomic mass is 16.2. The zero-order valence-electron chi connectivity index (χ0n) is 14.1. The SMILES string of the molecule is CCn1nnc2cc(C(=O)NCc3ccc(NC(C)=O)cc3)ccc21. The maximum atomic E-state index is 12.3. The Labute approximate surface area is 145 Å². The number of amides is 2. The molecule has 0 unspecified atom stereocenters. The summed E-state index contributed by atoms with van der Waals surface area (Å²) in [5.74, 6) is -0.282. The lowest BCUT2D eigenvalue weighted by Crippen LogP contribution is -2.22. The van der Waals surface area contributed by atoms with E-state index in [-0.39, 0.29) is 11.8 Å². The van der Waals surface area contributed by atoms with E-state index >= 15 is 0 Å². The van der Waals surface area contributed by atoms with E-state index in [0.29, 0.717) is 17.6 Å². The lowest BCUT2D eigenvalue weighted by atomic mass is 10.1. The number of rotatable bonds is 5. The summed E-state index contributed by atoms with van der Waals surface area (Å²) in [5, 5.41) is 13.7. The molecule has 0 aliphatic rings. The van der Waals surface area contributed by atoms with Crippen molar-refractivity contribution in [2.45, 2.75) is 26.9 Å². The first-order valence-corrected chi connectivity index (χ1v) is 8.05. The van der Waals surface area contributed by atoms with E-state index in [1.807, 2.05) is 25.1 Å². The van der Waals surface area contributed by atoms with Crippen LogP contribution in [0.25, 0.3) is 11.0 Å². The van der Waals surface area contributed by atoms with Crippen LogP contribution in [0.2, 0.25) is 0 Å². The van der Waals surface area contributed by atoms with Crippen LogP contribution < -0.4 is 10.6 Å². The normalized spacial score (nSPS) is 10.6. The Morgan fingerprint density at radius 3 is 2.56 bits per heavy atom. The molecule has 1 heterocycles. The molecule has 0 fully saturated rings. The van der Waals surface area contributed by atoms with E-state index in [1.54, 1.807) is 28.9 Å². The van der Waals surface area contributed by atoms with Crippen LogP contribution in [0, 0.1) is 0 Å². The van der Waals surface area contributed by atoms with Gasteiger partial charge >= 0.3 is 0 Å². The highest BCUT2D eigenvalue weighted by molar-refractivity contribution is 5.97. The number of hydrogen-bond donors (Lipinski definition) is 2. The number of nitrogens with zero attached hydrogens (tertiary/aromatic N) is 3. The molecule has 7 heteroatoms. The van der Waals surface area contributed by atoms with E-state index in [1.165, 1.54) is 6.92 Å². The van der Waals surface area contributed by atoms with Crippen molar-refractivity contribution in [3.05, 3.63) is 53.6 Å². The predicted molar refractivity (Wildman–Crippen MR) is 95.1 cm³/mol. The number of carbonyl (C=O) groups is 2. The molecule has 3 rings (SSSR count). The van der Waals surface area contributed by atoms with Gasteiger partial charge in [0.25, 0.3) is 5.91 Å². The van der Waals surface area contributed by atoms with Crippen molar-refractivity contribution in [2.75, 3.05) is 5.32 Å². The molecule has 2 amide bonds. The van der Waals surface area contributed by atoms with Crippen LogP contribution in [0.4, 0.5) is 5.69 Å². The zero-order chi connectivity index (χ0) is 17.8. The second-order valence-electron chi connectivity index (χ2n) is 5.67. The second kappa shape index (κ2) is 7.12. The first kappa shape index (κ1) is 16.6. The maximum absolute atomic E-state index is 12.3. The molecule has 0 saturated heterocycles. The zero-order valence-corrected chi connectivity index (χ0v) is 14.1. The summed E-state index contributed by atoms with van der Waals surface area (Å²) in [6.45, 7) is 4.59. The average molecular weight is 337 g/mol. The highest BCUT2D eigenvalue weighted by Gasteiger charge is 2.09. The van der Waals surface area contributed by atoms with Crippen molar-refractivity contribution in [3.63, 3.8) is 0 Å². The van der Waals surface area contributed by atoms with Crippen LogP contribution in [0.15, 0.2) is 42.5 Å². The molecule has 3 aromatic rings. The van der Waals surface area contributed by atoms with Gasteiger partial charge in [-0.15, -0.1) is 5.10 Å². The van der Waals surface area contributed by atoms with Crippen molar-refractivity contribution in [1.82, 2.24) is 20.3 Å². The monoisotopic (exact) mass is 337 g/mol. The maximum Gasteiger partial charge on any atom is 0.251 e. The number of fused-ring (bicyclic) bond motifs is 1. The van der Waals surface area contributed by atoms with Crippen molar-refractivity contribution < 1.29 is 9.59 Å². The third-order valence-electron chi connectivity index (χ3n) is 3.80. The molecule has 0 bridgehead atoms. The Hall–Kier alpha value is -3.22. The first-order chi connectivity index (χ1) is 12.1. The number of hydrogen-bond acceptors (Lipinski definition) is 4. The van der Waals surface area contributed by atoms with Crippen LogP contribution in [0.3, 0.4) is 0 Å². The number of benzene rings is 2. The quantitative estimate of drug-likeness (QED) is 0.748. The standard InChI is InChI=1S/C18H19N5O2/c1-3-23-17-9-6-14(10-16(17)21-22-23)18(25)19-11-13-4-7-15(8-5-13)20-12(2)24/h4-10H,3,11H2,1-2H3,(H,19,25)(H,20,24). The molecule has 2 aromatic carbocycles. The molecular formula is C18H19N5O2. The summed E-state index contributed by atoms with van der Waals surface area (Å²) in [7, 11) is 0. The number of carbonyl (C=O) groups excluding carboxylic acids is 2. The lowest BCUT2D eigenvalue weighted by molar-refractivity contribution is -0.114. The summed E-state index contributed by atoms with van der Waals surface area (Å²) in [4.78, 5) is 23.3. The van der Waals surface area contributed by atoms with Gasteiger partial charge in [-0.2, -0.15) is 0 Å². The molecule has 0 spiro atoms. The van der Waals surface area contributed by atoms with Crippen molar-refractivity contribution in [2.24, 2.45) is 0 Å². The summed E-state index contributed by atoms with van der Waals surface area (Å²) in [5.41, 5.74) is 3.83. The summed E-state index contributed by atoms with van der Waals surface area (Å²) in [6, 6.07) is 12.7. The fraction of sp³-hybridized carbons (Fsp3) is 0.222. The first-order valence-electron chi connectivity index (χ1n) is 8.05. The smallest absolute Gasteiger partial charge is 0.251 e. The van der Waals surface area contributed by atoms with Gasteiger partial charge in [0, 0.05) is 31.3 Å². The minimum absolute atomic E-state index is 0.114. The van der Waals surface area contributed by atoms with E-state index in [4.69, 9.17) is 0 Å². The fourth-order valence-electron chi connectivity index (χ4n) is 2.54. The number of aryl methyl sites for hydroxylation is 1. The van der Waals surface area contributed by atoms with Crippen LogP contribution in [-0.2, 0) is 17.9 Å². The predicted octanol–water partition coefficient (Wildman–Crippen LogP) is 2.34. The molecule has 0 aliphatic carbocycles. The molecule has 128 valence electrons. The highest BCUT2D eigenvalue weighted by Crippen LogP contribution is 2.14. The van der Waals surface area contributed by atoms with Crippen LogP contribution >= 0.6 is 0 Å². The molecule has 0 saturated carbocycles. The van der Waals surface area contributed by atoms with E-state index < -0.39 is 0 Å². The molecule has 1 aromatic heterocycles. The topological polar surface area (TPSA) is 88.9 Å². The van der Waals surface area contributed by atoms with Gasteiger partial charge in [0.2, 0.25) is 5.91 Å². The third kappa shape index (κ3) is 3.82. The van der Waals surface area contributed by atoms with E-state index in [2.05, 4.69) is 20.9 Å². The Morgan fingerprint density at radius 2 is 1.88 bits per heavy atom. The minimum Gasteiger partial charge on any atom is -0.348 e. The largest absolute Gasteiger partial charge is 0.348 e. The van der Waals surface area contributed by atoms with Gasteiger partial charge in [-0.25, -0.2) is 4.68 Å². The summed E-state index contributed by atoms with van der Waals surface area (Å²) >= 11 is 0. The van der Waals surface area contributed by atoms with Gasteiger partial charge in [-0.3, -0.25) is 9.59 Å². The van der Waals surface area contributed by atoms with Crippen molar-refractivity contribution in [1.29, 1.82) is 0 Å². The van der Waals surface area contributed by atoms with Gasteiger partial charge in [-0.05, 0) is 42.8 Å². The minimum atomic E-state index is -0.168. The Balaban J connectivity index is 1.65. The second-order valence-corrected chi connectivity index (χ2v) is 5.67. The molecule has 25 heavy (non-hydrogen) atoms. The molecule has 0 aliphatic heterocycles. The fourth-order valence-corrected chi connectivity index (χ4v) is 2.54. The molecular weight excluding hydrogens is 318 g/mol. The lowest BCUT2D eigenvalue weighted by Gasteiger charge is -2.07. The van der Waals surface area contributed by atoms with Crippen LogP contribution in [-0.4, -0.2) is 26.8 Å². The molecule has 0 radical (unpaired) electrons. The van der Waals surface area contributed by atoms with E-state index in [9.17, 15) is 9.59 Å². The van der Waals surface area contributed by atoms with Gasteiger partial charge in [0.15, 0.2) is 0 Å². The Kier molecular flexibility index (Phi) is 4.74. The molecule has 2 N–H and O–H groups in total.